The van der Waals surface area contributed by atoms with Gasteiger partial charge < -0.3 is 13.7 Å². The van der Waals surface area contributed by atoms with E-state index in [1.165, 1.54) is 0 Å². The number of carbonyl (C=O) groups is 1. The summed E-state index contributed by atoms with van der Waals surface area (Å²) >= 11 is 1.13. The number of aromatic nitrogens is 3. The maximum Gasteiger partial charge on any atom is 0.277 e. The highest BCUT2D eigenvalue weighted by atomic mass is 32.2. The van der Waals surface area contributed by atoms with Crippen molar-refractivity contribution in [1.82, 2.24) is 15.4 Å². The van der Waals surface area contributed by atoms with E-state index in [1.807, 2.05) is 45.0 Å². The van der Waals surface area contributed by atoms with Crippen molar-refractivity contribution >= 4 is 23.6 Å². The van der Waals surface area contributed by atoms with Crippen LogP contribution in [0.5, 0.6) is 5.75 Å². The average molecular weight is 388 g/mol. The van der Waals surface area contributed by atoms with Gasteiger partial charge in [-0.1, -0.05) is 49.8 Å². The molecule has 0 aliphatic rings. The number of anilines is 1. The van der Waals surface area contributed by atoms with E-state index in [0.29, 0.717) is 28.3 Å². The maximum atomic E-state index is 12.1. The van der Waals surface area contributed by atoms with Gasteiger partial charge in [-0.05, 0) is 12.1 Å². The van der Waals surface area contributed by atoms with Crippen LogP contribution < -0.4 is 10.1 Å². The van der Waals surface area contributed by atoms with Crippen LogP contribution in [-0.2, 0) is 10.2 Å². The molecule has 0 atom stereocenters. The van der Waals surface area contributed by atoms with Gasteiger partial charge in [-0.15, -0.1) is 10.2 Å². The lowest BCUT2D eigenvalue weighted by Gasteiger charge is -2.12. The number of rotatable bonds is 6. The summed E-state index contributed by atoms with van der Waals surface area (Å²) in [5.74, 6) is 1.12. The highest BCUT2D eigenvalue weighted by molar-refractivity contribution is 7.99. The van der Waals surface area contributed by atoms with E-state index < -0.39 is 0 Å². The van der Waals surface area contributed by atoms with Crippen LogP contribution in [0.15, 0.2) is 44.5 Å². The second-order valence-corrected chi connectivity index (χ2v) is 7.66. The molecule has 1 N–H and O–H groups in total. The molecule has 0 radical (unpaired) electrons. The van der Waals surface area contributed by atoms with Crippen LogP contribution >= 0.6 is 11.8 Å². The summed E-state index contributed by atoms with van der Waals surface area (Å²) in [7, 11) is 1.57. The largest absolute Gasteiger partial charge is 0.496 e. The number of nitrogens with one attached hydrogen (secondary N) is 1. The van der Waals surface area contributed by atoms with E-state index >= 15 is 0 Å². The predicted molar refractivity (Wildman–Crippen MR) is 101 cm³/mol. The number of nitrogens with zero attached hydrogens (tertiary/aromatic N) is 3. The van der Waals surface area contributed by atoms with E-state index in [-0.39, 0.29) is 17.1 Å². The lowest BCUT2D eigenvalue weighted by Crippen LogP contribution is -2.14. The number of hydrogen-bond acceptors (Lipinski definition) is 8. The van der Waals surface area contributed by atoms with E-state index in [4.69, 9.17) is 13.7 Å². The third-order valence-electron chi connectivity index (χ3n) is 3.61. The smallest absolute Gasteiger partial charge is 0.277 e. The second kappa shape index (κ2) is 7.83. The van der Waals surface area contributed by atoms with E-state index in [2.05, 4.69) is 20.7 Å². The molecule has 27 heavy (non-hydrogen) atoms. The molecular weight excluding hydrogens is 368 g/mol. The molecular formula is C18H20N4O4S. The lowest BCUT2D eigenvalue weighted by atomic mass is 9.92. The van der Waals surface area contributed by atoms with Crippen LogP contribution in [0, 0.1) is 0 Å². The van der Waals surface area contributed by atoms with Crippen molar-refractivity contribution in [3.8, 4) is 17.2 Å². The molecule has 9 heteroatoms. The molecule has 2 heterocycles. The monoisotopic (exact) mass is 388 g/mol. The Morgan fingerprint density at radius 3 is 2.74 bits per heavy atom. The number of hydrogen-bond donors (Lipinski definition) is 1. The molecule has 0 saturated heterocycles. The fourth-order valence-electron chi connectivity index (χ4n) is 2.19. The second-order valence-electron chi connectivity index (χ2n) is 6.74. The SMILES string of the molecule is COc1ccccc1-c1nnc(SCC(=O)Nc2cc(C(C)(C)C)no2)o1. The number of carbonyl (C=O) groups excluding carboxylic acids is 1. The van der Waals surface area contributed by atoms with Crippen molar-refractivity contribution in [1.29, 1.82) is 0 Å². The topological polar surface area (TPSA) is 103 Å². The Balaban J connectivity index is 1.58. The summed E-state index contributed by atoms with van der Waals surface area (Å²) < 4.78 is 16.0. The first-order chi connectivity index (χ1) is 12.9. The summed E-state index contributed by atoms with van der Waals surface area (Å²) in [4.78, 5) is 12.1. The quantitative estimate of drug-likeness (QED) is 0.637. The Morgan fingerprint density at radius 1 is 1.26 bits per heavy atom. The van der Waals surface area contributed by atoms with Crippen molar-refractivity contribution < 1.29 is 18.5 Å². The molecule has 0 unspecified atom stereocenters. The minimum Gasteiger partial charge on any atom is -0.496 e. The van der Waals surface area contributed by atoms with Crippen molar-refractivity contribution in [2.75, 3.05) is 18.2 Å². The fourth-order valence-corrected chi connectivity index (χ4v) is 2.75. The van der Waals surface area contributed by atoms with Crippen LogP contribution in [0.1, 0.15) is 26.5 Å². The Morgan fingerprint density at radius 2 is 2.04 bits per heavy atom. The molecule has 0 saturated carbocycles. The first-order valence-corrected chi connectivity index (χ1v) is 9.22. The van der Waals surface area contributed by atoms with Crippen LogP contribution in [0.25, 0.3) is 11.5 Å². The zero-order valence-corrected chi connectivity index (χ0v) is 16.3. The van der Waals surface area contributed by atoms with E-state index in [1.54, 1.807) is 13.2 Å². The van der Waals surface area contributed by atoms with E-state index in [9.17, 15) is 4.79 Å². The summed E-state index contributed by atoms with van der Waals surface area (Å²) in [5.41, 5.74) is 1.31. The van der Waals surface area contributed by atoms with Gasteiger partial charge in [0.2, 0.25) is 11.8 Å². The van der Waals surface area contributed by atoms with Crippen LogP contribution in [-0.4, -0.2) is 34.1 Å². The Hall–Kier alpha value is -2.81. The minimum atomic E-state index is -0.256. The number of methoxy groups -OCH3 is 1. The first-order valence-electron chi connectivity index (χ1n) is 8.23. The van der Waals surface area contributed by atoms with Gasteiger partial charge in [-0.2, -0.15) is 0 Å². The van der Waals surface area contributed by atoms with Crippen LogP contribution in [0.4, 0.5) is 5.88 Å². The molecule has 3 rings (SSSR count). The van der Waals surface area contributed by atoms with Gasteiger partial charge in [0.1, 0.15) is 5.75 Å². The van der Waals surface area contributed by atoms with Crippen LogP contribution in [0.2, 0.25) is 0 Å². The number of ether oxygens (including phenoxy) is 1. The highest BCUT2D eigenvalue weighted by Gasteiger charge is 2.20. The van der Waals surface area contributed by atoms with Crippen LogP contribution in [0.3, 0.4) is 0 Å². The van der Waals surface area contributed by atoms with Gasteiger partial charge in [0, 0.05) is 11.5 Å². The molecule has 1 aromatic carbocycles. The van der Waals surface area contributed by atoms with Gasteiger partial charge in [-0.3, -0.25) is 10.1 Å². The van der Waals surface area contributed by atoms with Gasteiger partial charge >= 0.3 is 0 Å². The highest BCUT2D eigenvalue weighted by Crippen LogP contribution is 2.30. The molecule has 3 aromatic rings. The number of benzene rings is 1. The summed E-state index contributed by atoms with van der Waals surface area (Å²) in [6.07, 6.45) is 0. The number of para-hydroxylation sites is 1. The lowest BCUT2D eigenvalue weighted by molar-refractivity contribution is -0.113. The summed E-state index contributed by atoms with van der Waals surface area (Å²) in [5, 5.41) is 14.9. The van der Waals surface area contributed by atoms with Gasteiger partial charge in [0.15, 0.2) is 0 Å². The fraction of sp³-hybridized carbons (Fsp3) is 0.333. The van der Waals surface area contributed by atoms with Crippen molar-refractivity contribution in [3.63, 3.8) is 0 Å². The molecule has 8 nitrogen and oxygen atoms in total. The normalized spacial score (nSPS) is 11.4. The maximum absolute atomic E-state index is 12.1. The molecule has 2 aromatic heterocycles. The van der Waals surface area contributed by atoms with Gasteiger partial charge in [0.25, 0.3) is 11.1 Å². The molecule has 0 aliphatic heterocycles. The summed E-state index contributed by atoms with van der Waals surface area (Å²) in [6.45, 7) is 6.05. The van der Waals surface area contributed by atoms with Gasteiger partial charge in [-0.25, -0.2) is 0 Å². The minimum absolute atomic E-state index is 0.0963. The van der Waals surface area contributed by atoms with Crippen molar-refractivity contribution in [3.05, 3.63) is 36.0 Å². The molecule has 0 bridgehead atoms. The first kappa shape index (κ1) is 19.0. The van der Waals surface area contributed by atoms with E-state index in [0.717, 1.165) is 17.5 Å². The molecule has 0 spiro atoms. The van der Waals surface area contributed by atoms with Gasteiger partial charge in [0.05, 0.1) is 24.1 Å². The predicted octanol–water partition coefficient (Wildman–Crippen LogP) is 3.76. The Bertz CT molecular complexity index is 929. The molecule has 0 fully saturated rings. The standard InChI is InChI=1S/C18H20N4O4S/c1-18(2,3)13-9-15(26-22-13)19-14(23)10-27-17-21-20-16(25-17)11-7-5-6-8-12(11)24-4/h5-9H,10H2,1-4H3,(H,19,23). The Labute approximate surface area is 160 Å². The molecule has 1 amide bonds. The number of amides is 1. The summed E-state index contributed by atoms with van der Waals surface area (Å²) in [6, 6.07) is 9.06. The third kappa shape index (κ3) is 4.68. The number of thioether (sulfide) groups is 1. The zero-order chi connectivity index (χ0) is 19.4. The third-order valence-corrected chi connectivity index (χ3v) is 4.43. The average Bonchev–Trinajstić information content (AvgIpc) is 3.29. The zero-order valence-electron chi connectivity index (χ0n) is 15.5. The molecule has 142 valence electrons. The van der Waals surface area contributed by atoms with Crippen molar-refractivity contribution in [2.45, 2.75) is 31.4 Å². The van der Waals surface area contributed by atoms with Crippen molar-refractivity contribution in [2.24, 2.45) is 0 Å². The molecule has 0 aliphatic carbocycles. The Kier molecular flexibility index (Phi) is 5.50.